The molecule has 0 radical (unpaired) electrons. The number of halogens is 1. The van der Waals surface area contributed by atoms with E-state index in [2.05, 4.69) is 10.6 Å². The van der Waals surface area contributed by atoms with Crippen molar-refractivity contribution in [1.29, 1.82) is 0 Å². The number of hydrogen-bond acceptors (Lipinski definition) is 2. The van der Waals surface area contributed by atoms with Crippen LogP contribution in [0.4, 0.5) is 10.1 Å². The zero-order valence-electron chi connectivity index (χ0n) is 11.6. The summed E-state index contributed by atoms with van der Waals surface area (Å²) >= 11 is 0. The zero-order chi connectivity index (χ0) is 14.7. The lowest BCUT2D eigenvalue weighted by Crippen LogP contribution is -2.34. The molecule has 0 aromatic heterocycles. The molecule has 3 rings (SSSR count). The molecule has 0 bridgehead atoms. The van der Waals surface area contributed by atoms with Crippen LogP contribution in [0.3, 0.4) is 0 Å². The molecule has 21 heavy (non-hydrogen) atoms. The van der Waals surface area contributed by atoms with Crippen LogP contribution in [-0.4, -0.2) is 11.9 Å². The lowest BCUT2D eigenvalue weighted by molar-refractivity contribution is -0.122. The number of carbonyl (C=O) groups excluding carboxylic acids is 1. The van der Waals surface area contributed by atoms with E-state index >= 15 is 0 Å². The Hall–Kier alpha value is -2.36. The van der Waals surface area contributed by atoms with Gasteiger partial charge in [-0.25, -0.2) is 4.39 Å². The van der Waals surface area contributed by atoms with E-state index in [-0.39, 0.29) is 11.7 Å². The molecule has 1 amide bonds. The monoisotopic (exact) mass is 284 g/mol. The predicted molar refractivity (Wildman–Crippen MR) is 80.4 cm³/mol. The second-order valence-corrected chi connectivity index (χ2v) is 5.28. The Balaban J connectivity index is 1.80. The second-order valence-electron chi connectivity index (χ2n) is 5.28. The van der Waals surface area contributed by atoms with Crippen LogP contribution < -0.4 is 10.6 Å². The van der Waals surface area contributed by atoms with Crippen LogP contribution in [0.5, 0.6) is 0 Å². The first-order chi connectivity index (χ1) is 10.2. The molecule has 2 aromatic carbocycles. The smallest absolute Gasteiger partial charge is 0.247 e. The Bertz CT molecular complexity index is 608. The van der Waals surface area contributed by atoms with Crippen molar-refractivity contribution >= 4 is 11.6 Å². The van der Waals surface area contributed by atoms with Crippen LogP contribution in [-0.2, 0) is 4.79 Å². The first-order valence-electron chi connectivity index (χ1n) is 7.10. The number of hydrogen-bond donors (Lipinski definition) is 2. The zero-order valence-corrected chi connectivity index (χ0v) is 11.6. The van der Waals surface area contributed by atoms with Crippen molar-refractivity contribution in [2.24, 2.45) is 0 Å². The van der Waals surface area contributed by atoms with Crippen LogP contribution in [0.2, 0.25) is 0 Å². The van der Waals surface area contributed by atoms with Gasteiger partial charge in [0.25, 0.3) is 0 Å². The Kier molecular flexibility index (Phi) is 3.86. The predicted octanol–water partition coefficient (Wildman–Crippen LogP) is 3.26. The molecule has 0 spiro atoms. The average Bonchev–Trinajstić information content (AvgIpc) is 3.31. The first kappa shape index (κ1) is 13.6. The van der Waals surface area contributed by atoms with Gasteiger partial charge in [0.15, 0.2) is 0 Å². The van der Waals surface area contributed by atoms with Crippen molar-refractivity contribution in [3.8, 4) is 0 Å². The van der Waals surface area contributed by atoms with Crippen molar-refractivity contribution in [3.63, 3.8) is 0 Å². The van der Waals surface area contributed by atoms with Gasteiger partial charge in [-0.15, -0.1) is 0 Å². The second kappa shape index (κ2) is 5.95. The third-order valence-electron chi connectivity index (χ3n) is 3.47. The number of carbonyl (C=O) groups is 1. The van der Waals surface area contributed by atoms with Gasteiger partial charge >= 0.3 is 0 Å². The minimum absolute atomic E-state index is 0.0481. The Morgan fingerprint density at radius 3 is 2.33 bits per heavy atom. The van der Waals surface area contributed by atoms with Crippen molar-refractivity contribution in [2.45, 2.75) is 24.9 Å². The number of anilines is 1. The largest absolute Gasteiger partial charge is 0.370 e. The fourth-order valence-corrected chi connectivity index (χ4v) is 2.17. The normalized spacial score (nSPS) is 15.3. The highest BCUT2D eigenvalue weighted by molar-refractivity contribution is 5.86. The van der Waals surface area contributed by atoms with Crippen LogP contribution in [0.15, 0.2) is 54.6 Å². The fourth-order valence-electron chi connectivity index (χ4n) is 2.17. The summed E-state index contributed by atoms with van der Waals surface area (Å²) < 4.78 is 13.0. The van der Waals surface area contributed by atoms with Gasteiger partial charge in [0, 0.05) is 11.7 Å². The summed E-state index contributed by atoms with van der Waals surface area (Å²) in [4.78, 5) is 12.4. The van der Waals surface area contributed by atoms with Crippen molar-refractivity contribution in [2.75, 3.05) is 5.32 Å². The lowest BCUT2D eigenvalue weighted by atomic mass is 10.1. The molecule has 1 aliphatic rings. The maximum Gasteiger partial charge on any atom is 0.247 e. The molecule has 2 N–H and O–H groups in total. The highest BCUT2D eigenvalue weighted by atomic mass is 19.1. The number of rotatable bonds is 5. The topological polar surface area (TPSA) is 41.1 Å². The van der Waals surface area contributed by atoms with E-state index in [0.29, 0.717) is 6.04 Å². The maximum absolute atomic E-state index is 13.0. The highest BCUT2D eigenvalue weighted by Gasteiger charge is 2.28. The Morgan fingerprint density at radius 1 is 1.05 bits per heavy atom. The lowest BCUT2D eigenvalue weighted by Gasteiger charge is -2.20. The van der Waals surface area contributed by atoms with Gasteiger partial charge in [0.1, 0.15) is 11.9 Å². The summed E-state index contributed by atoms with van der Waals surface area (Å²) in [5, 5.41) is 6.19. The molecule has 1 saturated carbocycles. The van der Waals surface area contributed by atoms with Gasteiger partial charge in [0.2, 0.25) is 5.91 Å². The highest BCUT2D eigenvalue weighted by Crippen LogP contribution is 2.24. The number of nitrogens with one attached hydrogen (secondary N) is 2. The van der Waals surface area contributed by atoms with Crippen LogP contribution >= 0.6 is 0 Å². The molecule has 3 nitrogen and oxygen atoms in total. The van der Waals surface area contributed by atoms with Crippen LogP contribution in [0.1, 0.15) is 24.4 Å². The maximum atomic E-state index is 13.0. The van der Waals surface area contributed by atoms with Gasteiger partial charge in [-0.05, 0) is 42.7 Å². The fraction of sp³-hybridized carbons (Fsp3) is 0.235. The summed E-state index contributed by atoms with van der Waals surface area (Å²) in [6, 6.07) is 15.4. The molecule has 1 fully saturated rings. The summed E-state index contributed by atoms with van der Waals surface area (Å²) in [6.45, 7) is 0. The molecule has 0 heterocycles. The summed E-state index contributed by atoms with van der Waals surface area (Å²) in [7, 11) is 0. The first-order valence-corrected chi connectivity index (χ1v) is 7.10. The van der Waals surface area contributed by atoms with E-state index in [1.54, 1.807) is 12.1 Å². The third kappa shape index (κ3) is 3.60. The van der Waals surface area contributed by atoms with Gasteiger partial charge < -0.3 is 10.6 Å². The van der Waals surface area contributed by atoms with Crippen molar-refractivity contribution < 1.29 is 9.18 Å². The van der Waals surface area contributed by atoms with Crippen LogP contribution in [0.25, 0.3) is 0 Å². The standard InChI is InChI=1S/C17H17FN2O/c18-13-6-8-14(9-7-13)19-16(12-4-2-1-3-5-12)17(21)20-15-10-11-15/h1-9,15-16,19H,10-11H2,(H,20,21). The number of amides is 1. The molecule has 2 aromatic rings. The Labute approximate surface area is 123 Å². The van der Waals surface area contributed by atoms with E-state index in [0.717, 1.165) is 24.1 Å². The minimum Gasteiger partial charge on any atom is -0.370 e. The molecule has 108 valence electrons. The molecule has 0 aliphatic heterocycles. The molecule has 1 atom stereocenters. The van der Waals surface area contributed by atoms with Gasteiger partial charge in [0.05, 0.1) is 0 Å². The summed E-state index contributed by atoms with van der Waals surface area (Å²) in [5.74, 6) is -0.340. The molecular formula is C17H17FN2O. The van der Waals surface area contributed by atoms with Crippen molar-refractivity contribution in [1.82, 2.24) is 5.32 Å². The van der Waals surface area contributed by atoms with Crippen LogP contribution in [0, 0.1) is 5.82 Å². The molecule has 1 unspecified atom stereocenters. The Morgan fingerprint density at radius 2 is 1.71 bits per heavy atom. The van der Waals surface area contributed by atoms with E-state index in [1.807, 2.05) is 30.3 Å². The minimum atomic E-state index is -0.475. The van der Waals surface area contributed by atoms with E-state index in [4.69, 9.17) is 0 Å². The molecule has 1 aliphatic carbocycles. The third-order valence-corrected chi connectivity index (χ3v) is 3.47. The molecule has 0 saturated heterocycles. The van der Waals surface area contributed by atoms with Gasteiger partial charge in [-0.3, -0.25) is 4.79 Å². The number of benzene rings is 2. The quantitative estimate of drug-likeness (QED) is 0.885. The van der Waals surface area contributed by atoms with Crippen molar-refractivity contribution in [3.05, 3.63) is 66.0 Å². The molecule has 4 heteroatoms. The van der Waals surface area contributed by atoms with E-state index in [1.165, 1.54) is 12.1 Å². The summed E-state index contributed by atoms with van der Waals surface area (Å²) in [5.41, 5.74) is 1.61. The summed E-state index contributed by atoms with van der Waals surface area (Å²) in [6.07, 6.45) is 2.09. The van der Waals surface area contributed by atoms with E-state index in [9.17, 15) is 9.18 Å². The average molecular weight is 284 g/mol. The molecular weight excluding hydrogens is 267 g/mol. The van der Waals surface area contributed by atoms with Gasteiger partial charge in [-0.2, -0.15) is 0 Å². The van der Waals surface area contributed by atoms with Gasteiger partial charge in [-0.1, -0.05) is 30.3 Å². The van der Waals surface area contributed by atoms with E-state index < -0.39 is 6.04 Å². The SMILES string of the molecule is O=C(NC1CC1)C(Nc1ccc(F)cc1)c1ccccc1.